The minimum Gasteiger partial charge on any atom is -0.345 e. The molecule has 1 heterocycles. The molecule has 2 amide bonds. The fourth-order valence-electron chi connectivity index (χ4n) is 3.01. The van der Waals surface area contributed by atoms with Crippen molar-refractivity contribution < 1.29 is 9.59 Å². The van der Waals surface area contributed by atoms with Gasteiger partial charge in [-0.3, -0.25) is 9.59 Å². The molecule has 23 heavy (non-hydrogen) atoms. The van der Waals surface area contributed by atoms with Crippen LogP contribution in [0.3, 0.4) is 0 Å². The lowest BCUT2D eigenvalue weighted by Gasteiger charge is -2.28. The van der Waals surface area contributed by atoms with E-state index in [4.69, 9.17) is 0 Å². The lowest BCUT2D eigenvalue weighted by atomic mass is 9.84. The number of nitrogens with one attached hydrogen (secondary N) is 3. The highest BCUT2D eigenvalue weighted by molar-refractivity contribution is 5.96. The molecule has 5 nitrogen and oxygen atoms in total. The minimum atomic E-state index is -0.539. The third-order valence-electron chi connectivity index (χ3n) is 4.51. The number of piperidine rings is 1. The molecule has 2 unspecified atom stereocenters. The standard InChI is InChI=1S/C18H27N3O2/c1-13(15-8-10-19-11-9-15)12-17(22)20-14(2)18(23)21-16-6-4-3-5-7-16/h3-7,13-15,19H,8-12H2,1-2H3,(H,20,22)(H,21,23). The molecule has 1 aliphatic heterocycles. The summed E-state index contributed by atoms with van der Waals surface area (Å²) in [6.45, 7) is 5.91. The molecular formula is C18H27N3O2. The van der Waals surface area contributed by atoms with Gasteiger partial charge in [-0.2, -0.15) is 0 Å². The Hall–Kier alpha value is -1.88. The zero-order valence-corrected chi connectivity index (χ0v) is 14.0. The summed E-state index contributed by atoms with van der Waals surface area (Å²) in [4.78, 5) is 24.3. The molecular weight excluding hydrogens is 290 g/mol. The maximum Gasteiger partial charge on any atom is 0.246 e. The summed E-state index contributed by atoms with van der Waals surface area (Å²) in [6.07, 6.45) is 2.73. The summed E-state index contributed by atoms with van der Waals surface area (Å²) in [5.74, 6) is 0.697. The van der Waals surface area contributed by atoms with Gasteiger partial charge < -0.3 is 16.0 Å². The molecule has 0 radical (unpaired) electrons. The van der Waals surface area contributed by atoms with Gasteiger partial charge in [0.2, 0.25) is 11.8 Å². The number of anilines is 1. The summed E-state index contributed by atoms with van der Waals surface area (Å²) in [7, 11) is 0. The fraction of sp³-hybridized carbons (Fsp3) is 0.556. The van der Waals surface area contributed by atoms with Gasteiger partial charge in [-0.1, -0.05) is 25.1 Å². The van der Waals surface area contributed by atoms with E-state index in [0.29, 0.717) is 18.3 Å². The highest BCUT2D eigenvalue weighted by Gasteiger charge is 2.23. The van der Waals surface area contributed by atoms with Crippen molar-refractivity contribution >= 4 is 17.5 Å². The van der Waals surface area contributed by atoms with Crippen molar-refractivity contribution in [2.24, 2.45) is 11.8 Å². The Morgan fingerprint density at radius 1 is 1.17 bits per heavy atom. The Kier molecular flexibility index (Phi) is 6.59. The first kappa shape index (κ1) is 17.5. The van der Waals surface area contributed by atoms with Crippen LogP contribution < -0.4 is 16.0 Å². The largest absolute Gasteiger partial charge is 0.345 e. The topological polar surface area (TPSA) is 70.2 Å². The first-order valence-corrected chi connectivity index (χ1v) is 8.42. The molecule has 0 spiro atoms. The van der Waals surface area contributed by atoms with Gasteiger partial charge in [-0.15, -0.1) is 0 Å². The molecule has 1 fully saturated rings. The van der Waals surface area contributed by atoms with Crippen LogP contribution in [0, 0.1) is 11.8 Å². The minimum absolute atomic E-state index is 0.0493. The second-order valence-corrected chi connectivity index (χ2v) is 6.41. The van der Waals surface area contributed by atoms with E-state index in [-0.39, 0.29) is 11.8 Å². The molecule has 0 saturated carbocycles. The number of rotatable bonds is 6. The molecule has 0 aliphatic carbocycles. The number of amides is 2. The monoisotopic (exact) mass is 317 g/mol. The van der Waals surface area contributed by atoms with Crippen LogP contribution in [0.5, 0.6) is 0 Å². The van der Waals surface area contributed by atoms with Crippen LogP contribution in [-0.4, -0.2) is 30.9 Å². The molecule has 1 aliphatic rings. The summed E-state index contributed by atoms with van der Waals surface area (Å²) in [5, 5.41) is 8.94. The van der Waals surface area contributed by atoms with E-state index in [0.717, 1.165) is 31.6 Å². The Morgan fingerprint density at radius 2 is 1.83 bits per heavy atom. The number of benzene rings is 1. The Labute approximate surface area is 138 Å². The summed E-state index contributed by atoms with van der Waals surface area (Å²) in [5.41, 5.74) is 0.738. The Morgan fingerprint density at radius 3 is 2.48 bits per heavy atom. The first-order valence-electron chi connectivity index (χ1n) is 8.42. The fourth-order valence-corrected chi connectivity index (χ4v) is 3.01. The van der Waals surface area contributed by atoms with Crippen molar-refractivity contribution in [1.82, 2.24) is 10.6 Å². The lowest BCUT2D eigenvalue weighted by molar-refractivity contribution is -0.127. The van der Waals surface area contributed by atoms with Gasteiger partial charge in [-0.25, -0.2) is 0 Å². The van der Waals surface area contributed by atoms with Gasteiger partial charge in [0.1, 0.15) is 6.04 Å². The van der Waals surface area contributed by atoms with Gasteiger partial charge in [0.15, 0.2) is 0 Å². The van der Waals surface area contributed by atoms with Crippen molar-refractivity contribution in [2.45, 2.75) is 39.2 Å². The molecule has 126 valence electrons. The van der Waals surface area contributed by atoms with Crippen LogP contribution >= 0.6 is 0 Å². The van der Waals surface area contributed by atoms with Crippen molar-refractivity contribution in [3.05, 3.63) is 30.3 Å². The van der Waals surface area contributed by atoms with Crippen LogP contribution in [0.2, 0.25) is 0 Å². The molecule has 0 bridgehead atoms. The highest BCUT2D eigenvalue weighted by Crippen LogP contribution is 2.24. The van der Waals surface area contributed by atoms with Gasteiger partial charge in [0.25, 0.3) is 0 Å². The molecule has 5 heteroatoms. The quantitative estimate of drug-likeness (QED) is 0.753. The third-order valence-corrected chi connectivity index (χ3v) is 4.51. The van der Waals surface area contributed by atoms with E-state index in [2.05, 4.69) is 22.9 Å². The number of hydrogen-bond donors (Lipinski definition) is 3. The van der Waals surface area contributed by atoms with Crippen molar-refractivity contribution in [2.75, 3.05) is 18.4 Å². The average Bonchev–Trinajstić information content (AvgIpc) is 2.56. The molecule has 1 aromatic rings. The predicted octanol–water partition coefficient (Wildman–Crippen LogP) is 2.16. The number of para-hydroxylation sites is 1. The maximum atomic E-state index is 12.2. The van der Waals surface area contributed by atoms with E-state index < -0.39 is 6.04 Å². The molecule has 1 saturated heterocycles. The Balaban J connectivity index is 1.76. The maximum absolute atomic E-state index is 12.2. The van der Waals surface area contributed by atoms with Gasteiger partial charge >= 0.3 is 0 Å². The van der Waals surface area contributed by atoms with Crippen LogP contribution in [0.15, 0.2) is 30.3 Å². The lowest BCUT2D eigenvalue weighted by Crippen LogP contribution is -2.42. The SMILES string of the molecule is CC(NC(=O)CC(C)C1CCNCC1)C(=O)Nc1ccccc1. The first-order chi connectivity index (χ1) is 11.1. The number of hydrogen-bond acceptors (Lipinski definition) is 3. The second-order valence-electron chi connectivity index (χ2n) is 6.41. The van der Waals surface area contributed by atoms with Crippen molar-refractivity contribution in [3.63, 3.8) is 0 Å². The van der Waals surface area contributed by atoms with Crippen LogP contribution in [-0.2, 0) is 9.59 Å². The smallest absolute Gasteiger partial charge is 0.246 e. The summed E-state index contributed by atoms with van der Waals surface area (Å²) in [6, 6.07) is 8.72. The van der Waals surface area contributed by atoms with Crippen LogP contribution in [0.1, 0.15) is 33.1 Å². The highest BCUT2D eigenvalue weighted by atomic mass is 16.2. The molecule has 0 aromatic heterocycles. The van der Waals surface area contributed by atoms with Gasteiger partial charge in [0.05, 0.1) is 0 Å². The molecule has 3 N–H and O–H groups in total. The van der Waals surface area contributed by atoms with Crippen LogP contribution in [0.25, 0.3) is 0 Å². The van der Waals surface area contributed by atoms with E-state index >= 15 is 0 Å². The normalized spacial score (nSPS) is 18.0. The number of carbonyl (C=O) groups excluding carboxylic acids is 2. The van der Waals surface area contributed by atoms with Gasteiger partial charge in [0, 0.05) is 12.1 Å². The zero-order chi connectivity index (χ0) is 16.7. The third kappa shape index (κ3) is 5.67. The second kappa shape index (κ2) is 8.67. The average molecular weight is 317 g/mol. The molecule has 2 rings (SSSR count). The van der Waals surface area contributed by atoms with E-state index in [1.54, 1.807) is 6.92 Å². The van der Waals surface area contributed by atoms with E-state index in [1.807, 2.05) is 30.3 Å². The molecule has 2 atom stereocenters. The van der Waals surface area contributed by atoms with Crippen molar-refractivity contribution in [1.29, 1.82) is 0 Å². The predicted molar refractivity (Wildman–Crippen MR) is 92.1 cm³/mol. The van der Waals surface area contributed by atoms with Crippen molar-refractivity contribution in [3.8, 4) is 0 Å². The number of carbonyl (C=O) groups is 2. The van der Waals surface area contributed by atoms with Crippen LogP contribution in [0.4, 0.5) is 5.69 Å². The summed E-state index contributed by atoms with van der Waals surface area (Å²) < 4.78 is 0. The zero-order valence-electron chi connectivity index (χ0n) is 14.0. The van der Waals surface area contributed by atoms with E-state index in [9.17, 15) is 9.59 Å². The summed E-state index contributed by atoms with van der Waals surface area (Å²) >= 11 is 0. The van der Waals surface area contributed by atoms with E-state index in [1.165, 1.54) is 0 Å². The molecule has 1 aromatic carbocycles. The Bertz CT molecular complexity index is 512. The van der Waals surface area contributed by atoms with Gasteiger partial charge in [-0.05, 0) is 56.8 Å².